The smallest absolute Gasteiger partial charge is 0.256 e. The molecule has 0 aromatic heterocycles. The fourth-order valence-corrected chi connectivity index (χ4v) is 0. The molecule has 0 amide bonds. The van der Waals surface area contributed by atoms with Gasteiger partial charge in [-0.3, -0.25) is 10.3 Å². The van der Waals surface area contributed by atoms with Gasteiger partial charge in [-0.2, -0.15) is 0 Å². The summed E-state index contributed by atoms with van der Waals surface area (Å²) in [6, 6.07) is 0. The quantitative estimate of drug-likeness (QED) is 0.421. The van der Waals surface area contributed by atoms with Crippen molar-refractivity contribution in [2.24, 2.45) is 0 Å². The maximum atomic E-state index is 8.73. The van der Waals surface area contributed by atoms with Crippen LogP contribution in [0.5, 0.6) is 0 Å². The van der Waals surface area contributed by atoms with Gasteiger partial charge in [0.2, 0.25) is 0 Å². The van der Waals surface area contributed by atoms with E-state index in [2.05, 4.69) is 0 Å². The van der Waals surface area contributed by atoms with Gasteiger partial charge in [0.15, 0.2) is 0 Å². The molecule has 6 heteroatoms. The molecule has 0 unspecified atom stereocenters. The van der Waals surface area contributed by atoms with Gasteiger partial charge in [-0.05, 0) is 0 Å². The minimum absolute atomic E-state index is 0. The molecule has 0 saturated carbocycles. The second kappa shape index (κ2) is 3.25. The second-order valence-electron chi connectivity index (χ2n) is 0.396. The Labute approximate surface area is 53.9 Å². The summed E-state index contributed by atoms with van der Waals surface area (Å²) < 4.78 is 33.2. The fraction of sp³-hybridized carbons (Fsp3) is 0. The van der Waals surface area contributed by atoms with E-state index in [1.165, 1.54) is 0 Å². The van der Waals surface area contributed by atoms with Crippen LogP contribution in [0.25, 0.3) is 0 Å². The summed E-state index contributed by atoms with van der Waals surface area (Å²) in [5, 5.41) is 0. The van der Waals surface area contributed by atoms with Gasteiger partial charge in [0, 0.05) is 23.5 Å². The van der Waals surface area contributed by atoms with Crippen molar-refractivity contribution >= 4 is 0 Å². The molecule has 0 saturated heterocycles. The summed E-state index contributed by atoms with van der Waals surface area (Å²) in [7, 11) is 0. The molecular formula is HIIrO4. The van der Waals surface area contributed by atoms with Crippen molar-refractivity contribution in [1.29, 1.82) is 0 Å². The van der Waals surface area contributed by atoms with Gasteiger partial charge in [0.25, 0.3) is 0 Å². The molecule has 4 nitrogen and oxygen atoms in total. The Morgan fingerprint density at radius 3 is 1.17 bits per heavy atom. The Morgan fingerprint density at radius 2 is 1.17 bits per heavy atom. The normalized spacial score (nSPS) is 10.0. The largest absolute Gasteiger partial charge is 0.368 e. The molecule has 41 valence electrons. The summed E-state index contributed by atoms with van der Waals surface area (Å²) in [6.45, 7) is 0. The fourth-order valence-electron chi connectivity index (χ4n) is 0. The first-order valence-corrected chi connectivity index (χ1v) is 4.24. The van der Waals surface area contributed by atoms with Crippen LogP contribution in [-0.4, -0.2) is 3.44 Å². The predicted octanol–water partition coefficient (Wildman–Crippen LogP) is -7.12. The van der Waals surface area contributed by atoms with Gasteiger partial charge in [0.05, 0.1) is 0 Å². The number of rotatable bonds is 0. The zero-order chi connectivity index (χ0) is 4.50. The minimum Gasteiger partial charge on any atom is -0.256 e. The standard InChI is InChI=1S/HIO4.Ir/c2-1(3,4)5;/h2H;. The SMILES string of the molecule is [Ir].[O-][I+3]([O-])([O-])O. The topological polar surface area (TPSA) is 89.4 Å². The van der Waals surface area contributed by atoms with Gasteiger partial charge in [-0.25, -0.2) is 0 Å². The van der Waals surface area contributed by atoms with Gasteiger partial charge in [0.1, 0.15) is 0 Å². The van der Waals surface area contributed by atoms with E-state index in [1.807, 2.05) is 0 Å². The maximum Gasteiger partial charge on any atom is 0.368 e. The van der Waals surface area contributed by atoms with E-state index in [9.17, 15) is 0 Å². The molecule has 0 heterocycles. The van der Waals surface area contributed by atoms with E-state index >= 15 is 0 Å². The molecule has 1 radical (unpaired) electrons. The molecule has 6 heavy (non-hydrogen) atoms. The van der Waals surface area contributed by atoms with Crippen molar-refractivity contribution in [3.05, 3.63) is 0 Å². The van der Waals surface area contributed by atoms with Gasteiger partial charge < -0.3 is 0 Å². The number of hydrogen-bond donors (Lipinski definition) is 1. The van der Waals surface area contributed by atoms with Crippen LogP contribution in [-0.2, 0) is 20.1 Å². The van der Waals surface area contributed by atoms with Crippen LogP contribution in [0, 0.1) is 0 Å². The average molecular weight is 384 g/mol. The molecule has 0 aromatic carbocycles. The average Bonchev–Trinajstić information content (AvgIpc) is 0.722. The van der Waals surface area contributed by atoms with Crippen molar-refractivity contribution in [2.75, 3.05) is 0 Å². The van der Waals surface area contributed by atoms with Gasteiger partial charge in [-0.1, -0.05) is 0 Å². The van der Waals surface area contributed by atoms with Crippen LogP contribution in [0.1, 0.15) is 0 Å². The zero-order valence-corrected chi connectivity index (χ0v) is 6.94. The van der Waals surface area contributed by atoms with Gasteiger partial charge in [-0.15, -0.1) is 0 Å². The van der Waals surface area contributed by atoms with E-state index in [-0.39, 0.29) is 20.1 Å². The van der Waals surface area contributed by atoms with E-state index in [1.54, 1.807) is 0 Å². The second-order valence-corrected chi connectivity index (χ2v) is 2.66. The Kier molecular flexibility index (Phi) is 5.55. The van der Waals surface area contributed by atoms with Crippen molar-refractivity contribution in [2.45, 2.75) is 0 Å². The first kappa shape index (κ1) is 10.3. The molecule has 0 aliphatic carbocycles. The van der Waals surface area contributed by atoms with E-state index < -0.39 is 20.1 Å². The molecule has 1 N–H and O–H groups in total. The van der Waals surface area contributed by atoms with Crippen LogP contribution in [0.3, 0.4) is 0 Å². The molecule has 0 aromatic rings. The van der Waals surface area contributed by atoms with Crippen LogP contribution in [0.4, 0.5) is 0 Å². The van der Waals surface area contributed by atoms with Crippen LogP contribution in [0.15, 0.2) is 0 Å². The summed E-state index contributed by atoms with van der Waals surface area (Å²) in [6.07, 6.45) is 0. The molecule has 0 aliphatic heterocycles. The number of hydrogen-bond acceptors (Lipinski definition) is 4. The molecule has 0 aliphatic rings. The molecule has 0 rings (SSSR count). The molecule has 0 atom stereocenters. The first-order valence-electron chi connectivity index (χ1n) is 0.632. The molecule has 0 fully saturated rings. The third-order valence-corrected chi connectivity index (χ3v) is 0. The monoisotopic (exact) mass is 385 g/mol. The van der Waals surface area contributed by atoms with Crippen molar-refractivity contribution in [3.63, 3.8) is 0 Å². The minimum atomic E-state index is -5.69. The summed E-state index contributed by atoms with van der Waals surface area (Å²) in [4.78, 5) is 0. The zero-order valence-electron chi connectivity index (χ0n) is 2.38. The van der Waals surface area contributed by atoms with Crippen molar-refractivity contribution in [3.8, 4) is 0 Å². The van der Waals surface area contributed by atoms with E-state index in [0.717, 1.165) is 0 Å². The Hall–Kier alpha value is 1.22. The summed E-state index contributed by atoms with van der Waals surface area (Å²) in [5.74, 6) is 0. The predicted molar refractivity (Wildman–Crippen MR) is 2.22 cm³/mol. The Balaban J connectivity index is 0. The van der Waals surface area contributed by atoms with Crippen LogP contribution < -0.4 is 30.4 Å². The number of halogens is 1. The molecule has 0 spiro atoms. The third-order valence-electron chi connectivity index (χ3n) is 0. The van der Waals surface area contributed by atoms with Gasteiger partial charge >= 0.3 is 20.1 Å². The van der Waals surface area contributed by atoms with Crippen molar-refractivity contribution in [1.82, 2.24) is 0 Å². The van der Waals surface area contributed by atoms with E-state index in [0.29, 0.717) is 0 Å². The molecular weight excluding hydrogens is 383 g/mol. The summed E-state index contributed by atoms with van der Waals surface area (Å²) >= 11 is -5.69. The first-order chi connectivity index (χ1) is 2.00. The van der Waals surface area contributed by atoms with Crippen LogP contribution in [0.2, 0.25) is 0 Å². The Bertz CT molecular complexity index is 23.0. The van der Waals surface area contributed by atoms with Crippen molar-refractivity contribution < 1.29 is 53.9 Å². The molecule has 0 bridgehead atoms. The summed E-state index contributed by atoms with van der Waals surface area (Å²) in [5.41, 5.74) is 0. The third kappa shape index (κ3) is 62.5. The Morgan fingerprint density at radius 1 is 1.17 bits per heavy atom. The van der Waals surface area contributed by atoms with Crippen LogP contribution >= 0.6 is 0 Å². The van der Waals surface area contributed by atoms with E-state index in [4.69, 9.17) is 13.7 Å². The maximum absolute atomic E-state index is 8.73.